The topological polar surface area (TPSA) is 4.93 Å². The van der Waals surface area contributed by atoms with Crippen LogP contribution in [0.2, 0.25) is 0 Å². The zero-order valence-corrected chi connectivity index (χ0v) is 11.2. The quantitative estimate of drug-likeness (QED) is 0.563. The molecule has 1 heterocycles. The molecule has 92 valence electrons. The predicted molar refractivity (Wildman–Crippen MR) is 79.4 cm³/mol. The van der Waals surface area contributed by atoms with Gasteiger partial charge in [0.25, 0.3) is 0 Å². The molecule has 0 amide bonds. The minimum absolute atomic E-state index is 1.24. The Kier molecular flexibility index (Phi) is 3.83. The van der Waals surface area contributed by atoms with Crippen LogP contribution in [0.4, 0.5) is 0 Å². The lowest BCUT2D eigenvalue weighted by Crippen LogP contribution is -1.92. The summed E-state index contributed by atoms with van der Waals surface area (Å²) in [6.07, 6.45) is 4.16. The lowest BCUT2D eigenvalue weighted by molar-refractivity contribution is 1.09. The minimum Gasteiger partial charge on any atom is -0.323 e. The normalized spacial score (nSPS) is 9.94. The fourth-order valence-corrected chi connectivity index (χ4v) is 2.15. The Labute approximate surface area is 109 Å². The summed E-state index contributed by atoms with van der Waals surface area (Å²) in [7, 11) is 0. The van der Waals surface area contributed by atoms with Gasteiger partial charge in [-0.3, -0.25) is 0 Å². The van der Waals surface area contributed by atoms with Crippen molar-refractivity contribution in [2.75, 3.05) is 0 Å². The summed E-state index contributed by atoms with van der Waals surface area (Å²) in [4.78, 5) is 0. The van der Waals surface area contributed by atoms with Crippen molar-refractivity contribution >= 4 is 10.8 Å². The summed E-state index contributed by atoms with van der Waals surface area (Å²) >= 11 is 0. The average Bonchev–Trinajstić information content (AvgIpc) is 2.96. The van der Waals surface area contributed by atoms with E-state index in [9.17, 15) is 0 Å². The molecule has 1 nitrogen and oxygen atoms in total. The van der Waals surface area contributed by atoms with Gasteiger partial charge in [-0.2, -0.15) is 0 Å². The molecule has 0 radical (unpaired) electrons. The first-order valence-corrected chi connectivity index (χ1v) is 6.48. The molecule has 0 spiro atoms. The number of hydrogen-bond donors (Lipinski definition) is 0. The van der Waals surface area contributed by atoms with Gasteiger partial charge in [0, 0.05) is 17.8 Å². The highest BCUT2D eigenvalue weighted by molar-refractivity contribution is 5.92. The van der Waals surface area contributed by atoms with E-state index in [0.717, 1.165) is 0 Å². The molecular formula is C17H19N. The van der Waals surface area contributed by atoms with Gasteiger partial charge in [-0.05, 0) is 36.1 Å². The molecule has 0 N–H and O–H groups in total. The fourth-order valence-electron chi connectivity index (χ4n) is 2.15. The zero-order valence-electron chi connectivity index (χ0n) is 11.2. The van der Waals surface area contributed by atoms with Crippen molar-refractivity contribution in [2.45, 2.75) is 20.8 Å². The molecule has 0 saturated carbocycles. The van der Waals surface area contributed by atoms with Crippen LogP contribution in [0.1, 0.15) is 19.4 Å². The van der Waals surface area contributed by atoms with E-state index >= 15 is 0 Å². The van der Waals surface area contributed by atoms with Gasteiger partial charge in [0.15, 0.2) is 0 Å². The molecular weight excluding hydrogens is 218 g/mol. The lowest BCUT2D eigenvalue weighted by atomic mass is 10.0. The monoisotopic (exact) mass is 237 g/mol. The van der Waals surface area contributed by atoms with Gasteiger partial charge in [-0.25, -0.2) is 0 Å². The number of fused-ring (bicyclic) bond motifs is 1. The zero-order chi connectivity index (χ0) is 13.0. The number of benzene rings is 2. The van der Waals surface area contributed by atoms with Gasteiger partial charge in [0.05, 0.1) is 5.69 Å². The van der Waals surface area contributed by atoms with Crippen LogP contribution < -0.4 is 0 Å². The molecule has 0 aliphatic rings. The van der Waals surface area contributed by atoms with Gasteiger partial charge >= 0.3 is 0 Å². The van der Waals surface area contributed by atoms with Crippen LogP contribution in [0.5, 0.6) is 0 Å². The first kappa shape index (κ1) is 12.4. The Morgan fingerprint density at radius 1 is 0.722 bits per heavy atom. The van der Waals surface area contributed by atoms with Gasteiger partial charge in [-0.15, -0.1) is 0 Å². The van der Waals surface area contributed by atoms with E-state index in [0.29, 0.717) is 0 Å². The van der Waals surface area contributed by atoms with Crippen molar-refractivity contribution in [1.29, 1.82) is 0 Å². The molecule has 0 bridgehead atoms. The van der Waals surface area contributed by atoms with Crippen molar-refractivity contribution in [3.63, 3.8) is 0 Å². The summed E-state index contributed by atoms with van der Waals surface area (Å²) in [5.74, 6) is 0. The Morgan fingerprint density at radius 3 is 2.00 bits per heavy atom. The highest BCUT2D eigenvalue weighted by Crippen LogP contribution is 2.25. The summed E-state index contributed by atoms with van der Waals surface area (Å²) in [5, 5.41) is 2.63. The van der Waals surface area contributed by atoms with Crippen molar-refractivity contribution in [1.82, 2.24) is 4.57 Å². The number of aromatic nitrogens is 1. The largest absolute Gasteiger partial charge is 0.323 e. The van der Waals surface area contributed by atoms with Gasteiger partial charge in [0.1, 0.15) is 0 Å². The summed E-state index contributed by atoms with van der Waals surface area (Å²) in [6, 6.07) is 17.0. The van der Waals surface area contributed by atoms with Crippen LogP contribution in [0.3, 0.4) is 0 Å². The van der Waals surface area contributed by atoms with E-state index in [4.69, 9.17) is 0 Å². The average molecular weight is 237 g/mol. The Bertz CT molecular complexity index is 621. The van der Waals surface area contributed by atoms with Crippen LogP contribution in [0.15, 0.2) is 60.9 Å². The third kappa shape index (κ3) is 2.17. The summed E-state index contributed by atoms with van der Waals surface area (Å²) < 4.78 is 2.15. The standard InChI is InChI=1S/C15H13N.C2H6/c1-12-8-9-15(16-10-4-5-11-16)14-7-3-2-6-13(12)14;1-2/h2-11H,1H3;1-2H3. The van der Waals surface area contributed by atoms with Gasteiger partial charge in [-0.1, -0.05) is 44.2 Å². The first-order chi connectivity index (χ1) is 8.86. The highest BCUT2D eigenvalue weighted by Gasteiger charge is 2.03. The van der Waals surface area contributed by atoms with E-state index in [2.05, 4.69) is 72.4 Å². The van der Waals surface area contributed by atoms with E-state index in [1.807, 2.05) is 13.8 Å². The van der Waals surface area contributed by atoms with Crippen molar-refractivity contribution in [2.24, 2.45) is 0 Å². The summed E-state index contributed by atoms with van der Waals surface area (Å²) in [5.41, 5.74) is 2.57. The van der Waals surface area contributed by atoms with E-state index in [1.54, 1.807) is 0 Å². The predicted octanol–water partition coefficient (Wildman–Crippen LogP) is 4.97. The Hall–Kier alpha value is -2.02. The van der Waals surface area contributed by atoms with Crippen LogP contribution in [0.25, 0.3) is 16.5 Å². The van der Waals surface area contributed by atoms with Crippen molar-refractivity contribution in [3.05, 3.63) is 66.5 Å². The number of rotatable bonds is 1. The summed E-state index contributed by atoms with van der Waals surface area (Å²) in [6.45, 7) is 6.15. The van der Waals surface area contributed by atoms with Crippen LogP contribution in [-0.2, 0) is 0 Å². The van der Waals surface area contributed by atoms with Crippen LogP contribution in [-0.4, -0.2) is 4.57 Å². The Balaban J connectivity index is 0.000000574. The maximum absolute atomic E-state index is 2.18. The number of hydrogen-bond acceptors (Lipinski definition) is 0. The molecule has 0 fully saturated rings. The molecule has 18 heavy (non-hydrogen) atoms. The second-order valence-corrected chi connectivity index (χ2v) is 4.04. The first-order valence-electron chi connectivity index (χ1n) is 6.48. The molecule has 0 aliphatic carbocycles. The SMILES string of the molecule is CC.Cc1ccc(-n2cccc2)c2ccccc12. The van der Waals surface area contributed by atoms with Crippen molar-refractivity contribution < 1.29 is 0 Å². The van der Waals surface area contributed by atoms with E-state index in [1.165, 1.54) is 22.0 Å². The highest BCUT2D eigenvalue weighted by atomic mass is 14.9. The molecule has 0 atom stereocenters. The molecule has 0 unspecified atom stereocenters. The maximum Gasteiger partial charge on any atom is 0.0527 e. The van der Waals surface area contributed by atoms with Gasteiger partial charge in [0.2, 0.25) is 0 Å². The second kappa shape index (κ2) is 5.54. The third-order valence-electron chi connectivity index (χ3n) is 3.00. The molecule has 2 aromatic carbocycles. The maximum atomic E-state index is 2.18. The fraction of sp³-hybridized carbons (Fsp3) is 0.176. The lowest BCUT2D eigenvalue weighted by Gasteiger charge is -2.09. The second-order valence-electron chi connectivity index (χ2n) is 4.04. The van der Waals surface area contributed by atoms with E-state index < -0.39 is 0 Å². The van der Waals surface area contributed by atoms with Gasteiger partial charge < -0.3 is 4.57 Å². The molecule has 3 aromatic rings. The third-order valence-corrected chi connectivity index (χ3v) is 3.00. The molecule has 3 rings (SSSR count). The molecule has 1 aromatic heterocycles. The number of aryl methyl sites for hydroxylation is 1. The van der Waals surface area contributed by atoms with Crippen molar-refractivity contribution in [3.8, 4) is 5.69 Å². The van der Waals surface area contributed by atoms with E-state index in [-0.39, 0.29) is 0 Å². The number of nitrogens with zero attached hydrogens (tertiary/aromatic N) is 1. The molecule has 1 heteroatoms. The van der Waals surface area contributed by atoms with Crippen LogP contribution in [0, 0.1) is 6.92 Å². The molecule has 0 saturated heterocycles. The minimum atomic E-state index is 1.24. The smallest absolute Gasteiger partial charge is 0.0527 e. The van der Waals surface area contributed by atoms with Crippen LogP contribution >= 0.6 is 0 Å². The Morgan fingerprint density at radius 2 is 1.33 bits per heavy atom. The molecule has 0 aliphatic heterocycles.